The lowest BCUT2D eigenvalue weighted by Gasteiger charge is -2.17. The molecular formula is C13H15ClN2OS. The van der Waals surface area contributed by atoms with Crippen molar-refractivity contribution in [2.75, 3.05) is 7.11 Å². The number of hydrogen-bond donors (Lipinski definition) is 2. The van der Waals surface area contributed by atoms with E-state index in [1.54, 1.807) is 18.4 Å². The van der Waals surface area contributed by atoms with Crippen LogP contribution in [0.3, 0.4) is 0 Å². The van der Waals surface area contributed by atoms with Crippen molar-refractivity contribution in [3.8, 4) is 5.75 Å². The molecule has 0 spiro atoms. The number of thiophene rings is 1. The summed E-state index contributed by atoms with van der Waals surface area (Å²) < 4.78 is 5.23. The zero-order chi connectivity index (χ0) is 13.1. The van der Waals surface area contributed by atoms with E-state index in [4.69, 9.17) is 22.2 Å². The van der Waals surface area contributed by atoms with E-state index >= 15 is 0 Å². The molecule has 1 aromatic carbocycles. The average molecular weight is 283 g/mol. The Balaban J connectivity index is 2.42. The van der Waals surface area contributed by atoms with Gasteiger partial charge >= 0.3 is 0 Å². The van der Waals surface area contributed by atoms with Gasteiger partial charge in [-0.3, -0.25) is 5.84 Å². The van der Waals surface area contributed by atoms with E-state index in [2.05, 4.69) is 23.8 Å². The molecule has 0 amide bonds. The Labute approximate surface area is 116 Å². The van der Waals surface area contributed by atoms with Crippen molar-refractivity contribution < 1.29 is 4.74 Å². The van der Waals surface area contributed by atoms with Gasteiger partial charge in [0.15, 0.2) is 0 Å². The number of hydrazine groups is 1. The minimum absolute atomic E-state index is 0.0452. The van der Waals surface area contributed by atoms with E-state index in [9.17, 15) is 0 Å². The van der Waals surface area contributed by atoms with Gasteiger partial charge in [0, 0.05) is 4.88 Å². The first-order valence-electron chi connectivity index (χ1n) is 5.51. The lowest BCUT2D eigenvalue weighted by molar-refractivity contribution is 0.414. The van der Waals surface area contributed by atoms with Crippen LogP contribution in [0.2, 0.25) is 5.02 Å². The van der Waals surface area contributed by atoms with Crippen LogP contribution >= 0.6 is 22.9 Å². The zero-order valence-electron chi connectivity index (χ0n) is 10.2. The maximum Gasteiger partial charge on any atom is 0.137 e. The molecule has 0 aliphatic carbocycles. The highest BCUT2D eigenvalue weighted by Gasteiger charge is 2.17. The molecule has 3 nitrogen and oxygen atoms in total. The van der Waals surface area contributed by atoms with Crippen molar-refractivity contribution in [3.05, 3.63) is 50.7 Å². The van der Waals surface area contributed by atoms with Crippen molar-refractivity contribution in [1.29, 1.82) is 0 Å². The molecule has 96 valence electrons. The molecule has 0 bridgehead atoms. The molecule has 0 aliphatic heterocycles. The van der Waals surface area contributed by atoms with E-state index in [-0.39, 0.29) is 6.04 Å². The Hall–Kier alpha value is -1.07. The molecule has 2 rings (SSSR count). The third kappa shape index (κ3) is 2.52. The summed E-state index contributed by atoms with van der Waals surface area (Å²) in [7, 11) is 1.60. The van der Waals surface area contributed by atoms with Crippen molar-refractivity contribution in [2.24, 2.45) is 5.84 Å². The number of rotatable bonds is 4. The van der Waals surface area contributed by atoms with Crippen molar-refractivity contribution in [3.63, 3.8) is 0 Å². The maximum absolute atomic E-state index is 6.03. The van der Waals surface area contributed by atoms with E-state index in [0.29, 0.717) is 10.8 Å². The molecule has 1 unspecified atom stereocenters. The second kappa shape index (κ2) is 5.71. The van der Waals surface area contributed by atoms with E-state index in [1.807, 2.05) is 18.2 Å². The smallest absolute Gasteiger partial charge is 0.137 e. The largest absolute Gasteiger partial charge is 0.495 e. The van der Waals surface area contributed by atoms with Gasteiger partial charge in [0.05, 0.1) is 18.2 Å². The molecule has 0 saturated heterocycles. The monoisotopic (exact) mass is 282 g/mol. The Morgan fingerprint density at radius 1 is 1.39 bits per heavy atom. The molecule has 2 aromatic rings. The zero-order valence-corrected chi connectivity index (χ0v) is 11.8. The summed E-state index contributed by atoms with van der Waals surface area (Å²) in [6, 6.07) is 7.72. The first-order valence-corrected chi connectivity index (χ1v) is 6.76. The van der Waals surface area contributed by atoms with Crippen LogP contribution in [0.25, 0.3) is 0 Å². The van der Waals surface area contributed by atoms with E-state index < -0.39 is 0 Å². The van der Waals surface area contributed by atoms with Crippen LogP contribution in [0.15, 0.2) is 29.6 Å². The molecule has 0 fully saturated rings. The number of ether oxygens (including phenoxy) is 1. The van der Waals surface area contributed by atoms with Crippen molar-refractivity contribution >= 4 is 22.9 Å². The number of aryl methyl sites for hydroxylation is 1. The van der Waals surface area contributed by atoms with Gasteiger partial charge in [-0.05, 0) is 41.6 Å². The van der Waals surface area contributed by atoms with Gasteiger partial charge in [0.25, 0.3) is 0 Å². The number of nitrogens with one attached hydrogen (secondary N) is 1. The maximum atomic E-state index is 6.03. The molecular weight excluding hydrogens is 268 g/mol. The van der Waals surface area contributed by atoms with Crippen LogP contribution in [0, 0.1) is 6.92 Å². The van der Waals surface area contributed by atoms with Crippen LogP contribution in [-0.2, 0) is 0 Å². The van der Waals surface area contributed by atoms with Gasteiger partial charge in [0.1, 0.15) is 5.75 Å². The van der Waals surface area contributed by atoms with Gasteiger partial charge in [0.2, 0.25) is 0 Å². The first-order chi connectivity index (χ1) is 8.67. The number of hydrogen-bond acceptors (Lipinski definition) is 4. The summed E-state index contributed by atoms with van der Waals surface area (Å²) in [6.45, 7) is 2.07. The van der Waals surface area contributed by atoms with Crippen molar-refractivity contribution in [2.45, 2.75) is 13.0 Å². The van der Waals surface area contributed by atoms with Gasteiger partial charge in [-0.25, -0.2) is 5.43 Å². The minimum Gasteiger partial charge on any atom is -0.495 e. The fourth-order valence-corrected chi connectivity index (χ4v) is 3.07. The molecule has 0 radical (unpaired) electrons. The van der Waals surface area contributed by atoms with Gasteiger partial charge in [-0.2, -0.15) is 0 Å². The van der Waals surface area contributed by atoms with Gasteiger partial charge in [-0.1, -0.05) is 17.7 Å². The number of methoxy groups -OCH3 is 1. The summed E-state index contributed by atoms with van der Waals surface area (Å²) in [4.78, 5) is 1.20. The molecule has 1 aromatic heterocycles. The van der Waals surface area contributed by atoms with E-state index in [1.165, 1.54) is 10.4 Å². The first kappa shape index (κ1) is 13.4. The summed E-state index contributed by atoms with van der Waals surface area (Å²) in [6.07, 6.45) is 0. The highest BCUT2D eigenvalue weighted by molar-refractivity contribution is 7.10. The number of halogens is 1. The van der Waals surface area contributed by atoms with Crippen LogP contribution in [0.1, 0.15) is 22.0 Å². The standard InChI is InChI=1S/C13H15ClN2OS/c1-8-5-6-18-13(8)12(16-15)9-3-4-10(14)11(7-9)17-2/h3-7,12,16H,15H2,1-2H3. The Morgan fingerprint density at radius 3 is 2.72 bits per heavy atom. The average Bonchev–Trinajstić information content (AvgIpc) is 2.79. The summed E-state index contributed by atoms with van der Waals surface area (Å²) in [5, 5.41) is 2.65. The summed E-state index contributed by atoms with van der Waals surface area (Å²) >= 11 is 7.70. The lowest BCUT2D eigenvalue weighted by atomic mass is 10.0. The SMILES string of the molecule is COc1cc(C(NN)c2sccc2C)ccc1Cl. The lowest BCUT2D eigenvalue weighted by Crippen LogP contribution is -2.28. The molecule has 0 aliphatic rings. The van der Waals surface area contributed by atoms with Gasteiger partial charge < -0.3 is 4.74 Å². The predicted molar refractivity (Wildman–Crippen MR) is 76.2 cm³/mol. The van der Waals surface area contributed by atoms with Crippen LogP contribution in [0.4, 0.5) is 0 Å². The molecule has 5 heteroatoms. The topological polar surface area (TPSA) is 47.3 Å². The van der Waals surface area contributed by atoms with Crippen LogP contribution in [-0.4, -0.2) is 7.11 Å². The number of nitrogens with two attached hydrogens (primary N) is 1. The highest BCUT2D eigenvalue weighted by atomic mass is 35.5. The Bertz CT molecular complexity index is 542. The molecule has 18 heavy (non-hydrogen) atoms. The molecule has 3 N–H and O–H groups in total. The Kier molecular flexibility index (Phi) is 4.24. The quantitative estimate of drug-likeness (QED) is 0.668. The third-order valence-corrected chi connectivity index (χ3v) is 4.24. The highest BCUT2D eigenvalue weighted by Crippen LogP contribution is 2.33. The molecule has 1 heterocycles. The second-order valence-electron chi connectivity index (χ2n) is 3.96. The minimum atomic E-state index is -0.0452. The second-order valence-corrected chi connectivity index (χ2v) is 5.32. The van der Waals surface area contributed by atoms with Crippen LogP contribution < -0.4 is 16.0 Å². The summed E-state index contributed by atoms with van der Waals surface area (Å²) in [5.74, 6) is 6.33. The fraction of sp³-hybridized carbons (Fsp3) is 0.231. The normalized spacial score (nSPS) is 12.4. The molecule has 0 saturated carbocycles. The molecule has 1 atom stereocenters. The van der Waals surface area contributed by atoms with Crippen LogP contribution in [0.5, 0.6) is 5.75 Å². The fourth-order valence-electron chi connectivity index (χ4n) is 1.86. The van der Waals surface area contributed by atoms with Crippen molar-refractivity contribution in [1.82, 2.24) is 5.43 Å². The summed E-state index contributed by atoms with van der Waals surface area (Å²) in [5.41, 5.74) is 5.10. The Morgan fingerprint density at radius 2 is 2.17 bits per heavy atom. The predicted octanol–water partition coefficient (Wildman–Crippen LogP) is 3.27. The van der Waals surface area contributed by atoms with Gasteiger partial charge in [-0.15, -0.1) is 11.3 Å². The third-order valence-electron chi connectivity index (χ3n) is 2.84. The van der Waals surface area contributed by atoms with E-state index in [0.717, 1.165) is 5.56 Å². The number of benzene rings is 1.